The number of sulfonamides is 1. The second-order valence-corrected chi connectivity index (χ2v) is 14.5. The lowest BCUT2D eigenvalue weighted by Gasteiger charge is -2.28. The molecule has 0 atom stereocenters. The lowest BCUT2D eigenvalue weighted by molar-refractivity contribution is 0.354. The second-order valence-electron chi connectivity index (χ2n) is 9.52. The first-order chi connectivity index (χ1) is 18.6. The minimum absolute atomic E-state index is 0.0752. The molecule has 8 nitrogen and oxygen atoms in total. The Bertz CT molecular complexity index is 1570. The van der Waals surface area contributed by atoms with E-state index in [4.69, 9.17) is 26.8 Å². The Morgan fingerprint density at radius 1 is 0.925 bits per heavy atom. The summed E-state index contributed by atoms with van der Waals surface area (Å²) in [7, 11) is -5.40. The highest BCUT2D eigenvalue weighted by Crippen LogP contribution is 2.35. The highest BCUT2D eigenvalue weighted by molar-refractivity contribution is 7.93. The molecule has 0 amide bonds. The number of hydrogen-bond donors (Lipinski definition) is 1. The van der Waals surface area contributed by atoms with Crippen molar-refractivity contribution in [3.63, 3.8) is 0 Å². The third-order valence-electron chi connectivity index (χ3n) is 6.26. The summed E-state index contributed by atoms with van der Waals surface area (Å²) in [5.41, 5.74) is 5.81. The van der Waals surface area contributed by atoms with Crippen LogP contribution in [0.3, 0.4) is 0 Å². The Morgan fingerprint density at radius 2 is 1.55 bits per heavy atom. The molecule has 40 heavy (non-hydrogen) atoms. The Balaban J connectivity index is 2.16. The van der Waals surface area contributed by atoms with E-state index in [-0.39, 0.29) is 51.9 Å². The van der Waals surface area contributed by atoms with Gasteiger partial charge < -0.3 is 15.2 Å². The average Bonchev–Trinajstić information content (AvgIpc) is 2.88. The summed E-state index contributed by atoms with van der Waals surface area (Å²) in [4.78, 5) is -1.71. The number of benzene rings is 3. The molecule has 13 heteroatoms. The topological polar surface area (TPSA) is 116 Å². The molecule has 0 aromatic heterocycles. The molecule has 0 aliphatic rings. The molecule has 0 unspecified atom stereocenters. The van der Waals surface area contributed by atoms with E-state index in [0.717, 1.165) is 16.4 Å². The normalized spacial score (nSPS) is 12.3. The maximum Gasteiger partial charge on any atom is 0.264 e. The molecule has 0 spiro atoms. The first-order valence-electron chi connectivity index (χ1n) is 12.1. The molecule has 0 saturated carbocycles. The first-order valence-corrected chi connectivity index (χ1v) is 15.6. The summed E-state index contributed by atoms with van der Waals surface area (Å²) < 4.78 is 94.0. The largest absolute Gasteiger partial charge is 0.493 e. The molecule has 3 aromatic carbocycles. The van der Waals surface area contributed by atoms with E-state index in [1.54, 1.807) is 0 Å². The van der Waals surface area contributed by atoms with Gasteiger partial charge in [0.05, 0.1) is 30.6 Å². The van der Waals surface area contributed by atoms with Crippen molar-refractivity contribution < 1.29 is 35.1 Å². The lowest BCUT2D eigenvalue weighted by atomic mass is 10.0. The molecule has 0 bridgehead atoms. The molecule has 3 aromatic rings. The number of halogens is 3. The van der Waals surface area contributed by atoms with E-state index in [1.807, 2.05) is 0 Å². The van der Waals surface area contributed by atoms with Crippen LogP contribution in [0, 0.1) is 11.6 Å². The van der Waals surface area contributed by atoms with Gasteiger partial charge in [-0.2, -0.15) is 0 Å². The van der Waals surface area contributed by atoms with Crippen LogP contribution in [-0.2, 0) is 26.3 Å². The third kappa shape index (κ3) is 6.85. The van der Waals surface area contributed by atoms with Crippen LogP contribution in [-0.4, -0.2) is 48.2 Å². The van der Waals surface area contributed by atoms with Crippen LogP contribution >= 0.6 is 11.6 Å². The van der Waals surface area contributed by atoms with Crippen LogP contribution in [0.1, 0.15) is 31.4 Å². The van der Waals surface area contributed by atoms with E-state index < -0.39 is 42.1 Å². The zero-order chi connectivity index (χ0) is 29.9. The van der Waals surface area contributed by atoms with Crippen molar-refractivity contribution in [1.82, 2.24) is 0 Å². The monoisotopic (exact) mass is 616 g/mol. The summed E-state index contributed by atoms with van der Waals surface area (Å²) in [5, 5.41) is 0.214. The van der Waals surface area contributed by atoms with Gasteiger partial charge in [-0.05, 0) is 68.3 Å². The Hall–Kier alpha value is -2.93. The lowest BCUT2D eigenvalue weighted by Crippen LogP contribution is -2.43. The van der Waals surface area contributed by atoms with Crippen molar-refractivity contribution in [2.24, 2.45) is 5.73 Å². The maximum atomic E-state index is 14.6. The fourth-order valence-corrected chi connectivity index (χ4v) is 6.75. The summed E-state index contributed by atoms with van der Waals surface area (Å²) in [5.74, 6) is -1.57. The third-order valence-corrected chi connectivity index (χ3v) is 10.7. The number of nitrogens with two attached hydrogens (primary N) is 1. The molecule has 2 N–H and O–H groups in total. The number of anilines is 1. The Labute approximate surface area is 238 Å². The fourth-order valence-electron chi connectivity index (χ4n) is 3.97. The average molecular weight is 617 g/mol. The number of sulfone groups is 1. The molecule has 3 rings (SSSR count). The van der Waals surface area contributed by atoms with E-state index >= 15 is 0 Å². The molecule has 0 saturated heterocycles. The Morgan fingerprint density at radius 3 is 2.12 bits per heavy atom. The van der Waals surface area contributed by atoms with Crippen molar-refractivity contribution in [3.05, 3.63) is 82.4 Å². The van der Waals surface area contributed by atoms with Gasteiger partial charge in [-0.1, -0.05) is 17.7 Å². The van der Waals surface area contributed by atoms with E-state index in [2.05, 4.69) is 0 Å². The van der Waals surface area contributed by atoms with E-state index in [0.29, 0.717) is 5.75 Å². The zero-order valence-electron chi connectivity index (χ0n) is 22.4. The number of rotatable bonds is 12. The van der Waals surface area contributed by atoms with Gasteiger partial charge in [0.1, 0.15) is 16.5 Å². The van der Waals surface area contributed by atoms with Crippen LogP contribution in [0.2, 0.25) is 5.02 Å². The van der Waals surface area contributed by atoms with Gasteiger partial charge in [-0.15, -0.1) is 0 Å². The predicted octanol–water partition coefficient (Wildman–Crippen LogP) is 4.92. The molecular weight excluding hydrogens is 586 g/mol. The molecule has 0 aliphatic heterocycles. The summed E-state index contributed by atoms with van der Waals surface area (Å²) in [6, 6.07) is 11.7. The van der Waals surface area contributed by atoms with Crippen LogP contribution in [0.4, 0.5) is 14.5 Å². The van der Waals surface area contributed by atoms with Crippen LogP contribution in [0.15, 0.2) is 59.5 Å². The van der Waals surface area contributed by atoms with Crippen LogP contribution < -0.4 is 19.5 Å². The van der Waals surface area contributed by atoms with Crippen molar-refractivity contribution in [2.45, 2.75) is 36.5 Å². The fraction of sp³-hybridized carbons (Fsp3) is 0.333. The molecule has 218 valence electrons. The summed E-state index contributed by atoms with van der Waals surface area (Å²) in [6.07, 6.45) is -0.438. The molecule has 0 fully saturated rings. The molecular formula is C27H31ClF2N2O6S2. The summed E-state index contributed by atoms with van der Waals surface area (Å²) in [6.45, 7) is 2.40. The van der Waals surface area contributed by atoms with Crippen molar-refractivity contribution in [3.8, 4) is 11.5 Å². The first kappa shape index (κ1) is 31.6. The van der Waals surface area contributed by atoms with Gasteiger partial charge in [-0.3, -0.25) is 4.31 Å². The van der Waals surface area contributed by atoms with Gasteiger partial charge in [0.15, 0.2) is 21.3 Å². The highest BCUT2D eigenvalue weighted by atomic mass is 35.5. The molecule has 0 radical (unpaired) electrons. The molecule has 0 aliphatic carbocycles. The molecule has 0 heterocycles. The van der Waals surface area contributed by atoms with Crippen molar-refractivity contribution in [1.29, 1.82) is 0 Å². The quantitative estimate of drug-likeness (QED) is 0.307. The van der Waals surface area contributed by atoms with Gasteiger partial charge in [0.2, 0.25) is 0 Å². The van der Waals surface area contributed by atoms with Gasteiger partial charge >= 0.3 is 0 Å². The van der Waals surface area contributed by atoms with Crippen molar-refractivity contribution in [2.75, 3.05) is 30.8 Å². The van der Waals surface area contributed by atoms with E-state index in [9.17, 15) is 25.6 Å². The van der Waals surface area contributed by atoms with Crippen LogP contribution in [0.25, 0.3) is 0 Å². The predicted molar refractivity (Wildman–Crippen MR) is 151 cm³/mol. The number of nitrogens with zero attached hydrogens (tertiary/aromatic N) is 1. The Kier molecular flexibility index (Phi) is 9.71. The number of methoxy groups -OCH3 is 2. The summed E-state index contributed by atoms with van der Waals surface area (Å²) >= 11 is 6.21. The second kappa shape index (κ2) is 12.3. The number of ether oxygens (including phenoxy) is 2. The zero-order valence-corrected chi connectivity index (χ0v) is 24.8. The maximum absolute atomic E-state index is 14.6. The smallest absolute Gasteiger partial charge is 0.264 e. The standard InChI is InChI=1S/C27H31ClF2N2O6S2/c1-27(2,31)39(33,34)14-6-13-32(40(35,36)20-10-12-25(37-3)26(17-20)38-4)24-11-9-19(28)15-18(24)16-21-22(29)7-5-8-23(21)30/h5,7-12,15,17H,6,13-14,16,31H2,1-4H3. The minimum atomic E-state index is -4.37. The van der Waals surface area contributed by atoms with Crippen molar-refractivity contribution >= 4 is 37.1 Å². The van der Waals surface area contributed by atoms with Gasteiger partial charge in [-0.25, -0.2) is 25.6 Å². The minimum Gasteiger partial charge on any atom is -0.493 e. The van der Waals surface area contributed by atoms with Gasteiger partial charge in [0, 0.05) is 29.6 Å². The van der Waals surface area contributed by atoms with Gasteiger partial charge in [0.25, 0.3) is 10.0 Å². The number of hydrogen-bond acceptors (Lipinski definition) is 7. The van der Waals surface area contributed by atoms with E-state index in [1.165, 1.54) is 70.5 Å². The van der Waals surface area contributed by atoms with Crippen LogP contribution in [0.5, 0.6) is 11.5 Å². The highest BCUT2D eigenvalue weighted by Gasteiger charge is 2.32. The SMILES string of the molecule is COc1ccc(S(=O)(=O)N(CCCS(=O)(=O)C(C)(C)N)c2ccc(Cl)cc2Cc2c(F)cccc2F)cc1OC.